The molecule has 0 spiro atoms. The fourth-order valence-corrected chi connectivity index (χ4v) is 2.82. The Hall–Kier alpha value is -0.0400. The maximum atomic E-state index is 6.02. The van der Waals surface area contributed by atoms with E-state index in [9.17, 15) is 0 Å². The van der Waals surface area contributed by atoms with Gasteiger partial charge in [0.1, 0.15) is 0 Å². The highest BCUT2D eigenvalue weighted by atomic mass is 14.7. The van der Waals surface area contributed by atoms with Gasteiger partial charge in [-0.05, 0) is 24.7 Å². The molecule has 3 atom stereocenters. The van der Waals surface area contributed by atoms with Crippen LogP contribution >= 0.6 is 0 Å². The summed E-state index contributed by atoms with van der Waals surface area (Å²) in [5.41, 5.74) is 6.02. The van der Waals surface area contributed by atoms with Crippen LogP contribution in [0.2, 0.25) is 0 Å². The predicted octanol–water partition coefficient (Wildman–Crippen LogP) is 1.91. The van der Waals surface area contributed by atoms with E-state index >= 15 is 0 Å². The van der Waals surface area contributed by atoms with Crippen LogP contribution in [0.15, 0.2) is 0 Å². The molecule has 2 aliphatic rings. The van der Waals surface area contributed by atoms with E-state index in [1.165, 1.54) is 38.5 Å². The number of fused-ring (bicyclic) bond motifs is 1. The smallest absolute Gasteiger partial charge is 0.00698 e. The van der Waals surface area contributed by atoms with Gasteiger partial charge in [0, 0.05) is 6.04 Å². The number of rotatable bonds is 0. The molecule has 1 nitrogen and oxygen atoms in total. The molecule has 2 aliphatic carbocycles. The Morgan fingerprint density at radius 1 is 0.900 bits per heavy atom. The largest absolute Gasteiger partial charge is 0.327 e. The van der Waals surface area contributed by atoms with Gasteiger partial charge in [-0.25, -0.2) is 0 Å². The first kappa shape index (κ1) is 6.66. The first-order valence-electron chi connectivity index (χ1n) is 4.63. The molecule has 0 aromatic carbocycles. The normalized spacial score (nSPS) is 47.1. The van der Waals surface area contributed by atoms with Crippen molar-refractivity contribution in [3.8, 4) is 0 Å². The van der Waals surface area contributed by atoms with E-state index in [0.717, 1.165) is 11.8 Å². The molecule has 0 unspecified atom stereocenters. The lowest BCUT2D eigenvalue weighted by molar-refractivity contribution is 0.240. The van der Waals surface area contributed by atoms with Crippen molar-refractivity contribution >= 4 is 0 Å². The van der Waals surface area contributed by atoms with Gasteiger partial charge >= 0.3 is 0 Å². The Morgan fingerprint density at radius 3 is 2.30 bits per heavy atom. The molecule has 0 saturated heterocycles. The maximum Gasteiger partial charge on any atom is 0.00698 e. The van der Waals surface area contributed by atoms with Crippen molar-refractivity contribution in [1.29, 1.82) is 0 Å². The molecule has 10 heavy (non-hydrogen) atoms. The van der Waals surface area contributed by atoms with Crippen LogP contribution in [0, 0.1) is 11.8 Å². The first-order chi connectivity index (χ1) is 4.88. The molecule has 2 N–H and O–H groups in total. The van der Waals surface area contributed by atoms with Gasteiger partial charge in [0.15, 0.2) is 0 Å². The molecular weight excluding hydrogens is 122 g/mol. The van der Waals surface area contributed by atoms with Gasteiger partial charge in [-0.1, -0.05) is 25.7 Å². The molecule has 0 heterocycles. The molecule has 0 radical (unpaired) electrons. The fourth-order valence-electron chi connectivity index (χ4n) is 2.82. The van der Waals surface area contributed by atoms with E-state index in [-0.39, 0.29) is 0 Å². The molecule has 2 rings (SSSR count). The minimum atomic E-state index is 0.557. The third kappa shape index (κ3) is 0.968. The van der Waals surface area contributed by atoms with Gasteiger partial charge in [-0.15, -0.1) is 0 Å². The van der Waals surface area contributed by atoms with E-state index in [2.05, 4.69) is 0 Å². The van der Waals surface area contributed by atoms with Crippen LogP contribution in [0.1, 0.15) is 38.5 Å². The summed E-state index contributed by atoms with van der Waals surface area (Å²) < 4.78 is 0. The molecule has 2 saturated carbocycles. The van der Waals surface area contributed by atoms with Crippen LogP contribution in [0.25, 0.3) is 0 Å². The molecule has 0 aromatic heterocycles. The van der Waals surface area contributed by atoms with E-state index < -0.39 is 0 Å². The fraction of sp³-hybridized carbons (Fsp3) is 1.00. The van der Waals surface area contributed by atoms with Crippen LogP contribution in [0.5, 0.6) is 0 Å². The number of hydrogen-bond acceptors (Lipinski definition) is 1. The lowest BCUT2D eigenvalue weighted by Crippen LogP contribution is -2.35. The minimum Gasteiger partial charge on any atom is -0.327 e. The van der Waals surface area contributed by atoms with E-state index in [0.29, 0.717) is 6.04 Å². The summed E-state index contributed by atoms with van der Waals surface area (Å²) in [7, 11) is 0. The summed E-state index contributed by atoms with van der Waals surface area (Å²) in [6.07, 6.45) is 8.50. The summed E-state index contributed by atoms with van der Waals surface area (Å²) in [5.74, 6) is 1.93. The number of nitrogens with two attached hydrogens (primary N) is 1. The molecule has 2 fully saturated rings. The second kappa shape index (κ2) is 2.54. The van der Waals surface area contributed by atoms with Gasteiger partial charge in [-0.3, -0.25) is 0 Å². The maximum absolute atomic E-state index is 6.02. The summed E-state index contributed by atoms with van der Waals surface area (Å²) in [4.78, 5) is 0. The van der Waals surface area contributed by atoms with Crippen molar-refractivity contribution in [2.45, 2.75) is 44.6 Å². The molecule has 1 heteroatoms. The van der Waals surface area contributed by atoms with E-state index in [1.54, 1.807) is 0 Å². The summed E-state index contributed by atoms with van der Waals surface area (Å²) in [5, 5.41) is 0. The molecule has 0 amide bonds. The highest BCUT2D eigenvalue weighted by Gasteiger charge is 2.34. The second-order valence-corrected chi connectivity index (χ2v) is 3.95. The van der Waals surface area contributed by atoms with E-state index in [4.69, 9.17) is 5.73 Å². The van der Waals surface area contributed by atoms with Crippen LogP contribution in [0.3, 0.4) is 0 Å². The Bertz CT molecular complexity index is 122. The van der Waals surface area contributed by atoms with Gasteiger partial charge in [-0.2, -0.15) is 0 Å². The zero-order valence-electron chi connectivity index (χ0n) is 6.55. The minimum absolute atomic E-state index is 0.557. The molecule has 0 aromatic rings. The highest BCUT2D eigenvalue weighted by molar-refractivity contribution is 4.88. The van der Waals surface area contributed by atoms with Crippen molar-refractivity contribution in [2.24, 2.45) is 17.6 Å². The summed E-state index contributed by atoms with van der Waals surface area (Å²) in [6, 6.07) is 0.557. The lowest BCUT2D eigenvalue weighted by Gasteiger charge is -2.30. The van der Waals surface area contributed by atoms with Crippen molar-refractivity contribution in [2.75, 3.05) is 0 Å². The topological polar surface area (TPSA) is 26.0 Å². The zero-order chi connectivity index (χ0) is 6.97. The third-order valence-electron chi connectivity index (χ3n) is 3.38. The van der Waals surface area contributed by atoms with Gasteiger partial charge in [0.25, 0.3) is 0 Å². The predicted molar refractivity (Wildman–Crippen MR) is 42.7 cm³/mol. The molecule has 0 bridgehead atoms. The van der Waals surface area contributed by atoms with Gasteiger partial charge in [0.2, 0.25) is 0 Å². The summed E-state index contributed by atoms with van der Waals surface area (Å²) in [6.45, 7) is 0. The monoisotopic (exact) mass is 139 g/mol. The molecule has 0 aliphatic heterocycles. The quantitative estimate of drug-likeness (QED) is 0.545. The van der Waals surface area contributed by atoms with Crippen LogP contribution in [0.4, 0.5) is 0 Å². The molecular formula is C9H17N. The third-order valence-corrected chi connectivity index (χ3v) is 3.38. The Balaban J connectivity index is 2.03. The standard InChI is InChI=1S/C9H17N/c10-9-6-2-4-7-3-1-5-8(7)9/h7-9H,1-6,10H2/t7-,8-,9-/m0/s1. The Labute approximate surface area is 63.0 Å². The molecule has 58 valence electrons. The van der Waals surface area contributed by atoms with Crippen LogP contribution in [-0.2, 0) is 0 Å². The van der Waals surface area contributed by atoms with Crippen molar-refractivity contribution in [3.05, 3.63) is 0 Å². The van der Waals surface area contributed by atoms with Crippen molar-refractivity contribution in [1.82, 2.24) is 0 Å². The summed E-state index contributed by atoms with van der Waals surface area (Å²) >= 11 is 0. The SMILES string of the molecule is N[C@H]1CCC[C@@H]2CCC[C@@H]21. The van der Waals surface area contributed by atoms with Crippen molar-refractivity contribution in [3.63, 3.8) is 0 Å². The van der Waals surface area contributed by atoms with Crippen LogP contribution < -0.4 is 5.73 Å². The Kier molecular flexibility index (Phi) is 1.69. The van der Waals surface area contributed by atoms with E-state index in [1.807, 2.05) is 0 Å². The first-order valence-corrected chi connectivity index (χ1v) is 4.63. The average Bonchev–Trinajstić information content (AvgIpc) is 2.36. The van der Waals surface area contributed by atoms with Crippen LogP contribution in [-0.4, -0.2) is 6.04 Å². The number of hydrogen-bond donors (Lipinski definition) is 1. The highest BCUT2D eigenvalue weighted by Crippen LogP contribution is 2.41. The second-order valence-electron chi connectivity index (χ2n) is 3.95. The lowest BCUT2D eigenvalue weighted by atomic mass is 9.78. The van der Waals surface area contributed by atoms with Gasteiger partial charge < -0.3 is 5.73 Å². The average molecular weight is 139 g/mol. The zero-order valence-corrected chi connectivity index (χ0v) is 6.55. The van der Waals surface area contributed by atoms with Crippen molar-refractivity contribution < 1.29 is 0 Å². The Morgan fingerprint density at radius 2 is 1.60 bits per heavy atom. The van der Waals surface area contributed by atoms with Gasteiger partial charge in [0.05, 0.1) is 0 Å².